The van der Waals surface area contributed by atoms with Crippen molar-refractivity contribution in [2.24, 2.45) is 0 Å². The van der Waals surface area contributed by atoms with Gasteiger partial charge in [-0.25, -0.2) is 0 Å². The van der Waals surface area contributed by atoms with Gasteiger partial charge in [0, 0.05) is 17.9 Å². The van der Waals surface area contributed by atoms with Gasteiger partial charge < -0.3 is 15.7 Å². The summed E-state index contributed by atoms with van der Waals surface area (Å²) >= 11 is 0. The number of hydrogen-bond acceptors (Lipinski definition) is 4. The van der Waals surface area contributed by atoms with Crippen molar-refractivity contribution in [2.45, 2.75) is 18.9 Å². The zero-order chi connectivity index (χ0) is 13.0. The minimum absolute atomic E-state index is 0.0370. The third-order valence-electron chi connectivity index (χ3n) is 2.53. The van der Waals surface area contributed by atoms with Crippen molar-refractivity contribution in [2.75, 3.05) is 5.32 Å². The molecule has 2 rings (SSSR count). The molecule has 1 aliphatic rings. The fraction of sp³-hybridized carbons (Fsp3) is 0.231. The summed E-state index contributed by atoms with van der Waals surface area (Å²) in [5.41, 5.74) is 0.570. The summed E-state index contributed by atoms with van der Waals surface area (Å²) in [5.74, 6) is -0.337. The van der Waals surface area contributed by atoms with Gasteiger partial charge in [-0.05, 0) is 37.1 Å². The van der Waals surface area contributed by atoms with Gasteiger partial charge in [0.05, 0.1) is 0 Å². The number of carbonyl (C=O) groups is 1. The molecule has 0 aromatic heterocycles. The van der Waals surface area contributed by atoms with Crippen LogP contribution in [-0.2, 0) is 4.79 Å². The van der Waals surface area contributed by atoms with Crippen LogP contribution in [0.15, 0.2) is 36.0 Å². The van der Waals surface area contributed by atoms with E-state index in [1.807, 2.05) is 6.07 Å². The number of nitrogens with one attached hydrogen (secondary N) is 2. The van der Waals surface area contributed by atoms with Crippen LogP contribution >= 0.6 is 0 Å². The maximum atomic E-state index is 11.8. The molecule has 1 fully saturated rings. The van der Waals surface area contributed by atoms with Crippen LogP contribution in [-0.4, -0.2) is 17.1 Å². The molecule has 0 bridgehead atoms. The van der Waals surface area contributed by atoms with Gasteiger partial charge in [0.15, 0.2) is 0 Å². The molecule has 1 aromatic carbocycles. The molecule has 0 unspecified atom stereocenters. The molecular formula is C13H13N3O2. The van der Waals surface area contributed by atoms with E-state index in [4.69, 9.17) is 10.4 Å². The average Bonchev–Trinajstić information content (AvgIpc) is 3.17. The van der Waals surface area contributed by atoms with Gasteiger partial charge in [0.1, 0.15) is 17.4 Å². The number of nitriles is 1. The van der Waals surface area contributed by atoms with Crippen molar-refractivity contribution in [1.29, 1.82) is 5.26 Å². The lowest BCUT2D eigenvalue weighted by Gasteiger charge is -2.04. The quantitative estimate of drug-likeness (QED) is 0.425. The summed E-state index contributed by atoms with van der Waals surface area (Å²) in [7, 11) is 0. The number of amides is 1. The summed E-state index contributed by atoms with van der Waals surface area (Å²) in [5, 5.41) is 23.6. The summed E-state index contributed by atoms with van der Waals surface area (Å²) in [6.07, 6.45) is 3.61. The molecule has 5 heteroatoms. The lowest BCUT2D eigenvalue weighted by Crippen LogP contribution is -2.17. The standard InChI is InChI=1S/C13H13N3O2/c14-7-9(8-15-10-1-2-10)13(18)16-11-3-5-12(17)6-4-11/h3-6,8,10,15,17H,1-2H2,(H,16,18)/b9-8-. The van der Waals surface area contributed by atoms with E-state index < -0.39 is 5.91 Å². The molecule has 1 aromatic rings. The van der Waals surface area contributed by atoms with E-state index in [9.17, 15) is 4.79 Å². The maximum Gasteiger partial charge on any atom is 0.267 e. The van der Waals surface area contributed by atoms with Gasteiger partial charge in [-0.2, -0.15) is 5.26 Å². The fourth-order valence-corrected chi connectivity index (χ4v) is 1.34. The van der Waals surface area contributed by atoms with Crippen LogP contribution in [0.1, 0.15) is 12.8 Å². The summed E-state index contributed by atoms with van der Waals surface area (Å²) in [6.45, 7) is 0. The number of phenols is 1. The number of nitrogens with zero attached hydrogens (tertiary/aromatic N) is 1. The maximum absolute atomic E-state index is 11.8. The monoisotopic (exact) mass is 243 g/mol. The zero-order valence-electron chi connectivity index (χ0n) is 9.68. The average molecular weight is 243 g/mol. The van der Waals surface area contributed by atoms with Crippen molar-refractivity contribution < 1.29 is 9.90 Å². The third kappa shape index (κ3) is 3.25. The fourth-order valence-electron chi connectivity index (χ4n) is 1.34. The molecule has 1 amide bonds. The largest absolute Gasteiger partial charge is 0.508 e. The molecule has 0 heterocycles. The summed E-state index contributed by atoms with van der Waals surface area (Å²) in [4.78, 5) is 11.8. The van der Waals surface area contributed by atoms with Crippen molar-refractivity contribution in [3.8, 4) is 11.8 Å². The smallest absolute Gasteiger partial charge is 0.267 e. The number of phenolic OH excluding ortho intramolecular Hbond substituents is 1. The molecule has 0 aliphatic heterocycles. The Morgan fingerprint density at radius 3 is 2.61 bits per heavy atom. The highest BCUT2D eigenvalue weighted by Crippen LogP contribution is 2.19. The molecule has 3 N–H and O–H groups in total. The van der Waals surface area contributed by atoms with Crippen LogP contribution in [0.5, 0.6) is 5.75 Å². The lowest BCUT2D eigenvalue weighted by molar-refractivity contribution is -0.112. The molecule has 0 atom stereocenters. The highest BCUT2D eigenvalue weighted by atomic mass is 16.3. The van der Waals surface area contributed by atoms with Gasteiger partial charge in [0.25, 0.3) is 5.91 Å². The van der Waals surface area contributed by atoms with Gasteiger partial charge in [-0.1, -0.05) is 0 Å². The number of benzene rings is 1. The van der Waals surface area contributed by atoms with Crippen LogP contribution < -0.4 is 10.6 Å². The van der Waals surface area contributed by atoms with E-state index >= 15 is 0 Å². The number of aromatic hydroxyl groups is 1. The van der Waals surface area contributed by atoms with Crippen LogP contribution in [0.2, 0.25) is 0 Å². The Morgan fingerprint density at radius 1 is 1.39 bits per heavy atom. The second-order valence-electron chi connectivity index (χ2n) is 4.11. The topological polar surface area (TPSA) is 85.2 Å². The minimum Gasteiger partial charge on any atom is -0.508 e. The lowest BCUT2D eigenvalue weighted by atomic mass is 10.2. The summed E-state index contributed by atoms with van der Waals surface area (Å²) < 4.78 is 0. The molecule has 5 nitrogen and oxygen atoms in total. The van der Waals surface area contributed by atoms with E-state index in [0.29, 0.717) is 11.7 Å². The van der Waals surface area contributed by atoms with Crippen molar-refractivity contribution in [3.63, 3.8) is 0 Å². The molecule has 1 aliphatic carbocycles. The summed E-state index contributed by atoms with van der Waals surface area (Å²) in [6, 6.07) is 8.32. The Labute approximate surface area is 105 Å². The normalized spacial score (nSPS) is 14.7. The highest BCUT2D eigenvalue weighted by molar-refractivity contribution is 6.06. The van der Waals surface area contributed by atoms with E-state index in [1.165, 1.54) is 18.3 Å². The molecular weight excluding hydrogens is 230 g/mol. The Kier molecular flexibility index (Phi) is 3.49. The van der Waals surface area contributed by atoms with Crippen LogP contribution in [0.25, 0.3) is 0 Å². The highest BCUT2D eigenvalue weighted by Gasteiger charge is 2.20. The SMILES string of the molecule is N#C/C(=C/NC1CC1)C(=O)Nc1ccc(O)cc1. The molecule has 1 saturated carbocycles. The Morgan fingerprint density at radius 2 is 2.06 bits per heavy atom. The molecule has 92 valence electrons. The van der Waals surface area contributed by atoms with Crippen molar-refractivity contribution in [3.05, 3.63) is 36.0 Å². The van der Waals surface area contributed by atoms with Gasteiger partial charge in [0.2, 0.25) is 0 Å². The van der Waals surface area contributed by atoms with E-state index in [1.54, 1.807) is 12.1 Å². The minimum atomic E-state index is -0.462. The predicted octanol–water partition coefficient (Wildman–Crippen LogP) is 1.49. The second-order valence-corrected chi connectivity index (χ2v) is 4.11. The molecule has 0 radical (unpaired) electrons. The first-order valence-electron chi connectivity index (χ1n) is 5.66. The van der Waals surface area contributed by atoms with Crippen LogP contribution in [0, 0.1) is 11.3 Å². The number of hydrogen-bond donors (Lipinski definition) is 3. The van der Waals surface area contributed by atoms with E-state index in [2.05, 4.69) is 10.6 Å². The number of carbonyl (C=O) groups excluding carboxylic acids is 1. The van der Waals surface area contributed by atoms with E-state index in [-0.39, 0.29) is 11.3 Å². The Balaban J connectivity index is 1.98. The third-order valence-corrected chi connectivity index (χ3v) is 2.53. The van der Waals surface area contributed by atoms with Crippen LogP contribution in [0.4, 0.5) is 5.69 Å². The predicted molar refractivity (Wildman–Crippen MR) is 66.6 cm³/mol. The van der Waals surface area contributed by atoms with Gasteiger partial charge in [-0.15, -0.1) is 0 Å². The van der Waals surface area contributed by atoms with Gasteiger partial charge >= 0.3 is 0 Å². The van der Waals surface area contributed by atoms with Crippen molar-refractivity contribution >= 4 is 11.6 Å². The molecule has 0 saturated heterocycles. The van der Waals surface area contributed by atoms with Gasteiger partial charge in [-0.3, -0.25) is 4.79 Å². The molecule has 18 heavy (non-hydrogen) atoms. The molecule has 0 spiro atoms. The van der Waals surface area contributed by atoms with Crippen LogP contribution in [0.3, 0.4) is 0 Å². The Bertz CT molecular complexity index is 510. The first kappa shape index (κ1) is 12.0. The van der Waals surface area contributed by atoms with E-state index in [0.717, 1.165) is 12.8 Å². The number of anilines is 1. The number of rotatable bonds is 4. The second kappa shape index (κ2) is 5.23. The first-order valence-corrected chi connectivity index (χ1v) is 5.66. The Hall–Kier alpha value is -2.48. The zero-order valence-corrected chi connectivity index (χ0v) is 9.68. The van der Waals surface area contributed by atoms with Crippen molar-refractivity contribution in [1.82, 2.24) is 5.32 Å². The first-order chi connectivity index (χ1) is 8.69.